The van der Waals surface area contributed by atoms with Gasteiger partial charge in [0.2, 0.25) is 9.84 Å². The molecule has 6 nitrogen and oxygen atoms in total. The van der Waals surface area contributed by atoms with Gasteiger partial charge in [0.25, 0.3) is 18.1 Å². The average Bonchev–Trinajstić information content (AvgIpc) is 2.46. The van der Waals surface area contributed by atoms with Crippen LogP contribution in [0.4, 0.5) is 0 Å². The van der Waals surface area contributed by atoms with E-state index in [4.69, 9.17) is 21.4 Å². The molecule has 0 spiro atoms. The highest BCUT2D eigenvalue weighted by Gasteiger charge is 2.22. The minimum absolute atomic E-state index is 0.344. The van der Waals surface area contributed by atoms with Crippen LogP contribution in [-0.2, 0) is 27.9 Å². The second kappa shape index (κ2) is 6.06. The van der Waals surface area contributed by atoms with Crippen molar-refractivity contribution in [1.82, 2.24) is 0 Å². The standard InChI is InChI=1S/C12H8Cl2O6S3/c13-22(17,18)11-5-1-3-9(7-11)21(15,16)10-4-2-6-12(8-10)23(14,19)20/h1-8H. The molecule has 23 heavy (non-hydrogen) atoms. The zero-order valence-electron chi connectivity index (χ0n) is 11.0. The average molecular weight is 415 g/mol. The van der Waals surface area contributed by atoms with Crippen molar-refractivity contribution < 1.29 is 25.3 Å². The number of rotatable bonds is 4. The molecule has 0 aliphatic rings. The molecule has 2 rings (SSSR count). The second-order valence-corrected chi connectivity index (χ2v) is 11.4. The molecular formula is C12H8Cl2O6S3. The molecule has 0 radical (unpaired) electrons. The zero-order chi connectivity index (χ0) is 17.5. The summed E-state index contributed by atoms with van der Waals surface area (Å²) in [5.74, 6) is 0. The predicted molar refractivity (Wildman–Crippen MR) is 84.4 cm³/mol. The van der Waals surface area contributed by atoms with Crippen LogP contribution in [0.25, 0.3) is 0 Å². The van der Waals surface area contributed by atoms with Crippen LogP contribution in [0, 0.1) is 0 Å². The summed E-state index contributed by atoms with van der Waals surface area (Å²) in [7, 11) is -1.98. The SMILES string of the molecule is O=S(=O)(Cl)c1cccc(S(=O)(=O)c2cccc(S(=O)(=O)Cl)c2)c1. The van der Waals surface area contributed by atoms with E-state index in [-0.39, 0.29) is 19.6 Å². The Hall–Kier alpha value is -1.13. The Kier molecular flexibility index (Phi) is 4.80. The molecule has 0 aliphatic carbocycles. The van der Waals surface area contributed by atoms with Crippen molar-refractivity contribution in [2.75, 3.05) is 0 Å². The van der Waals surface area contributed by atoms with E-state index in [1.807, 2.05) is 0 Å². The Labute approximate surface area is 142 Å². The molecule has 0 bridgehead atoms. The summed E-state index contributed by atoms with van der Waals surface area (Å²) >= 11 is 0. The maximum atomic E-state index is 12.5. The van der Waals surface area contributed by atoms with Gasteiger partial charge >= 0.3 is 0 Å². The minimum atomic E-state index is -4.15. The normalized spacial score (nSPS) is 13.0. The van der Waals surface area contributed by atoms with Crippen molar-refractivity contribution in [2.24, 2.45) is 0 Å². The number of hydrogen-bond acceptors (Lipinski definition) is 6. The highest BCUT2D eigenvalue weighted by Crippen LogP contribution is 2.26. The van der Waals surface area contributed by atoms with Crippen molar-refractivity contribution in [3.8, 4) is 0 Å². The predicted octanol–water partition coefficient (Wildman–Crippen LogP) is 2.37. The van der Waals surface area contributed by atoms with Gasteiger partial charge < -0.3 is 0 Å². The third-order valence-electron chi connectivity index (χ3n) is 2.79. The Morgan fingerprint density at radius 2 is 0.870 bits per heavy atom. The lowest BCUT2D eigenvalue weighted by atomic mass is 10.4. The molecule has 0 aliphatic heterocycles. The molecule has 0 unspecified atom stereocenters. The molecule has 0 heterocycles. The lowest BCUT2D eigenvalue weighted by Crippen LogP contribution is -2.04. The van der Waals surface area contributed by atoms with Gasteiger partial charge in [-0.2, -0.15) is 0 Å². The van der Waals surface area contributed by atoms with Gasteiger partial charge in [0.1, 0.15) is 0 Å². The fraction of sp³-hybridized carbons (Fsp3) is 0. The number of halogens is 2. The molecule has 0 atom stereocenters. The first-order valence-corrected chi connectivity index (χ1v) is 11.9. The fourth-order valence-corrected chi connectivity index (χ4v) is 4.82. The van der Waals surface area contributed by atoms with Crippen molar-refractivity contribution in [2.45, 2.75) is 19.6 Å². The third-order valence-corrected chi connectivity index (χ3v) is 7.25. The minimum Gasteiger partial charge on any atom is -0.219 e. The van der Waals surface area contributed by atoms with E-state index < -0.39 is 27.9 Å². The first kappa shape index (κ1) is 18.2. The van der Waals surface area contributed by atoms with E-state index in [0.717, 1.165) is 24.3 Å². The third kappa shape index (κ3) is 4.04. The first-order chi connectivity index (χ1) is 10.4. The van der Waals surface area contributed by atoms with Crippen molar-refractivity contribution in [1.29, 1.82) is 0 Å². The van der Waals surface area contributed by atoms with E-state index in [2.05, 4.69) is 0 Å². The lowest BCUT2D eigenvalue weighted by molar-refractivity contribution is 0.595. The van der Waals surface area contributed by atoms with Crippen LogP contribution in [-0.4, -0.2) is 25.3 Å². The monoisotopic (exact) mass is 414 g/mol. The van der Waals surface area contributed by atoms with Gasteiger partial charge in [0, 0.05) is 21.4 Å². The van der Waals surface area contributed by atoms with Gasteiger partial charge in [-0.15, -0.1) is 0 Å². The molecule has 124 valence electrons. The van der Waals surface area contributed by atoms with Crippen LogP contribution in [0.1, 0.15) is 0 Å². The van der Waals surface area contributed by atoms with Crippen LogP contribution in [0.3, 0.4) is 0 Å². The largest absolute Gasteiger partial charge is 0.261 e. The molecular weight excluding hydrogens is 407 g/mol. The van der Waals surface area contributed by atoms with Gasteiger partial charge in [0.15, 0.2) is 0 Å². The molecule has 0 saturated carbocycles. The van der Waals surface area contributed by atoms with Crippen molar-refractivity contribution >= 4 is 49.3 Å². The number of benzene rings is 2. The van der Waals surface area contributed by atoms with Gasteiger partial charge in [-0.3, -0.25) is 0 Å². The Morgan fingerprint density at radius 3 is 1.17 bits per heavy atom. The molecule has 0 aromatic heterocycles. The molecule has 0 fully saturated rings. The van der Waals surface area contributed by atoms with Crippen LogP contribution >= 0.6 is 21.4 Å². The van der Waals surface area contributed by atoms with Crippen LogP contribution in [0.5, 0.6) is 0 Å². The van der Waals surface area contributed by atoms with Crippen LogP contribution in [0.15, 0.2) is 68.1 Å². The van der Waals surface area contributed by atoms with Crippen molar-refractivity contribution in [3.05, 3.63) is 48.5 Å². The summed E-state index contributed by atoms with van der Waals surface area (Å²) in [6.45, 7) is 0. The Balaban J connectivity index is 2.65. The maximum absolute atomic E-state index is 12.5. The summed E-state index contributed by atoms with van der Waals surface area (Å²) < 4.78 is 70.3. The summed E-state index contributed by atoms with van der Waals surface area (Å²) in [6, 6.07) is 8.82. The topological polar surface area (TPSA) is 102 Å². The van der Waals surface area contributed by atoms with Crippen LogP contribution < -0.4 is 0 Å². The maximum Gasteiger partial charge on any atom is 0.261 e. The summed E-state index contributed by atoms with van der Waals surface area (Å²) in [6.07, 6.45) is 0. The number of sulfone groups is 1. The molecule has 2 aromatic rings. The summed E-state index contributed by atoms with van der Waals surface area (Å²) in [4.78, 5) is -1.46. The zero-order valence-corrected chi connectivity index (χ0v) is 15.0. The fourth-order valence-electron chi connectivity index (χ4n) is 1.72. The van der Waals surface area contributed by atoms with E-state index in [1.165, 1.54) is 24.3 Å². The van der Waals surface area contributed by atoms with Gasteiger partial charge in [0.05, 0.1) is 19.6 Å². The molecule has 2 aromatic carbocycles. The van der Waals surface area contributed by atoms with Gasteiger partial charge in [-0.1, -0.05) is 12.1 Å². The Morgan fingerprint density at radius 1 is 0.565 bits per heavy atom. The van der Waals surface area contributed by atoms with E-state index in [9.17, 15) is 25.3 Å². The van der Waals surface area contributed by atoms with E-state index in [0.29, 0.717) is 0 Å². The lowest BCUT2D eigenvalue weighted by Gasteiger charge is -2.07. The summed E-state index contributed by atoms with van der Waals surface area (Å²) in [5.41, 5.74) is 0. The highest BCUT2D eigenvalue weighted by atomic mass is 35.7. The molecule has 0 amide bonds. The Bertz CT molecular complexity index is 992. The highest BCUT2D eigenvalue weighted by molar-refractivity contribution is 8.14. The smallest absolute Gasteiger partial charge is 0.219 e. The van der Waals surface area contributed by atoms with Gasteiger partial charge in [-0.25, -0.2) is 25.3 Å². The van der Waals surface area contributed by atoms with Crippen molar-refractivity contribution in [3.63, 3.8) is 0 Å². The van der Waals surface area contributed by atoms with Crippen LogP contribution in [0.2, 0.25) is 0 Å². The number of hydrogen-bond donors (Lipinski definition) is 0. The summed E-state index contributed by atoms with van der Waals surface area (Å²) in [5, 5.41) is 0. The van der Waals surface area contributed by atoms with Gasteiger partial charge in [-0.05, 0) is 36.4 Å². The van der Waals surface area contributed by atoms with E-state index in [1.54, 1.807) is 0 Å². The molecule has 11 heteroatoms. The molecule has 0 saturated heterocycles. The first-order valence-electron chi connectivity index (χ1n) is 5.77. The molecule has 0 N–H and O–H groups in total. The quantitative estimate of drug-likeness (QED) is 0.711. The van der Waals surface area contributed by atoms with E-state index >= 15 is 0 Å². The second-order valence-electron chi connectivity index (χ2n) is 4.33.